The van der Waals surface area contributed by atoms with Crippen LogP contribution in [0, 0.1) is 0 Å². The lowest BCUT2D eigenvalue weighted by Crippen LogP contribution is -2.35. The number of hydrogen-bond donors (Lipinski definition) is 0. The normalized spacial score (nSPS) is 19.6. The number of furan rings is 1. The molecule has 5 heteroatoms. The number of rotatable bonds is 4. The van der Waals surface area contributed by atoms with Gasteiger partial charge in [-0.3, -0.25) is 9.58 Å². The van der Waals surface area contributed by atoms with Crippen molar-refractivity contribution in [2.45, 2.75) is 19.0 Å². The first-order valence-electron chi connectivity index (χ1n) is 6.51. The van der Waals surface area contributed by atoms with Crippen LogP contribution in [0.15, 0.2) is 29.2 Å². The minimum atomic E-state index is 0.383. The molecule has 0 aliphatic carbocycles. The van der Waals surface area contributed by atoms with Crippen LogP contribution in [0.3, 0.4) is 0 Å². The summed E-state index contributed by atoms with van der Waals surface area (Å²) in [6, 6.07) is 2.02. The number of fused-ring (bicyclic) bond motifs is 1. The van der Waals surface area contributed by atoms with Gasteiger partial charge in [-0.25, -0.2) is 0 Å². The molecule has 3 heterocycles. The van der Waals surface area contributed by atoms with Gasteiger partial charge in [-0.2, -0.15) is 5.10 Å². The van der Waals surface area contributed by atoms with E-state index in [0.29, 0.717) is 5.92 Å². The Morgan fingerprint density at radius 3 is 3.16 bits per heavy atom. The van der Waals surface area contributed by atoms with Gasteiger partial charge in [0.15, 0.2) is 0 Å². The average molecular weight is 261 g/mol. The van der Waals surface area contributed by atoms with Gasteiger partial charge in [0, 0.05) is 56.5 Å². The zero-order chi connectivity index (χ0) is 13.2. The molecule has 3 rings (SSSR count). The van der Waals surface area contributed by atoms with Crippen LogP contribution in [0.1, 0.15) is 22.7 Å². The molecule has 0 radical (unpaired) electrons. The van der Waals surface area contributed by atoms with Crippen LogP contribution in [0.5, 0.6) is 0 Å². The van der Waals surface area contributed by atoms with Gasteiger partial charge in [-0.1, -0.05) is 0 Å². The third kappa shape index (κ3) is 2.43. The Bertz CT molecular complexity index is 533. The molecule has 0 N–H and O–H groups in total. The minimum absolute atomic E-state index is 0.383. The summed E-state index contributed by atoms with van der Waals surface area (Å²) in [7, 11) is 3.76. The fraction of sp³-hybridized carbons (Fsp3) is 0.500. The quantitative estimate of drug-likeness (QED) is 0.841. The standard InChI is InChI=1S/C14H19N3O2/c1-16-14-12(5-15-16)7-17(8-13(14)10-18-2)6-11-3-4-19-9-11/h3-5,9,13H,6-8,10H2,1-2H3/t13-/m1/s1. The number of aromatic nitrogens is 2. The molecule has 0 bridgehead atoms. The van der Waals surface area contributed by atoms with E-state index in [1.165, 1.54) is 16.8 Å². The highest BCUT2D eigenvalue weighted by atomic mass is 16.5. The van der Waals surface area contributed by atoms with Crippen LogP contribution < -0.4 is 0 Å². The average Bonchev–Trinajstić information content (AvgIpc) is 3.00. The van der Waals surface area contributed by atoms with E-state index in [-0.39, 0.29) is 0 Å². The predicted octanol–water partition coefficient (Wildman–Crippen LogP) is 1.76. The topological polar surface area (TPSA) is 43.4 Å². The molecule has 1 aliphatic rings. The van der Waals surface area contributed by atoms with E-state index in [0.717, 1.165) is 26.2 Å². The van der Waals surface area contributed by atoms with E-state index in [2.05, 4.69) is 10.00 Å². The summed E-state index contributed by atoms with van der Waals surface area (Å²) < 4.78 is 12.5. The molecule has 19 heavy (non-hydrogen) atoms. The Morgan fingerprint density at radius 2 is 2.42 bits per heavy atom. The van der Waals surface area contributed by atoms with E-state index >= 15 is 0 Å². The van der Waals surface area contributed by atoms with Gasteiger partial charge in [-0.15, -0.1) is 0 Å². The minimum Gasteiger partial charge on any atom is -0.472 e. The zero-order valence-electron chi connectivity index (χ0n) is 11.4. The van der Waals surface area contributed by atoms with Crippen molar-refractivity contribution in [1.29, 1.82) is 0 Å². The Hall–Kier alpha value is -1.59. The van der Waals surface area contributed by atoms with Crippen molar-refractivity contribution in [3.05, 3.63) is 41.6 Å². The Balaban J connectivity index is 1.80. The van der Waals surface area contributed by atoms with E-state index in [1.807, 2.05) is 30.3 Å². The van der Waals surface area contributed by atoms with Crippen LogP contribution in [0.25, 0.3) is 0 Å². The fourth-order valence-corrected chi connectivity index (χ4v) is 2.94. The van der Waals surface area contributed by atoms with E-state index in [4.69, 9.17) is 9.15 Å². The Labute approximate surface area is 112 Å². The maximum Gasteiger partial charge on any atom is 0.0947 e. The molecular formula is C14H19N3O2. The summed E-state index contributed by atoms with van der Waals surface area (Å²) >= 11 is 0. The molecule has 102 valence electrons. The van der Waals surface area contributed by atoms with Gasteiger partial charge in [0.2, 0.25) is 0 Å². The molecule has 2 aromatic heterocycles. The van der Waals surface area contributed by atoms with E-state index in [9.17, 15) is 0 Å². The highest BCUT2D eigenvalue weighted by molar-refractivity contribution is 5.25. The maximum absolute atomic E-state index is 5.36. The second kappa shape index (κ2) is 5.19. The molecule has 1 aliphatic heterocycles. The fourth-order valence-electron chi connectivity index (χ4n) is 2.94. The van der Waals surface area contributed by atoms with Gasteiger partial charge in [0.05, 0.1) is 25.3 Å². The first-order chi connectivity index (χ1) is 9.28. The lowest BCUT2D eigenvalue weighted by molar-refractivity contribution is 0.132. The maximum atomic E-state index is 5.36. The number of methoxy groups -OCH3 is 1. The van der Waals surface area contributed by atoms with Gasteiger partial charge in [0.25, 0.3) is 0 Å². The predicted molar refractivity (Wildman–Crippen MR) is 70.6 cm³/mol. The van der Waals surface area contributed by atoms with Gasteiger partial charge < -0.3 is 9.15 Å². The second-order valence-corrected chi connectivity index (χ2v) is 5.13. The highest BCUT2D eigenvalue weighted by Crippen LogP contribution is 2.28. The van der Waals surface area contributed by atoms with Crippen LogP contribution in [0.4, 0.5) is 0 Å². The smallest absolute Gasteiger partial charge is 0.0947 e. The van der Waals surface area contributed by atoms with E-state index in [1.54, 1.807) is 13.4 Å². The first-order valence-corrected chi connectivity index (χ1v) is 6.51. The summed E-state index contributed by atoms with van der Waals surface area (Å²) in [6.45, 7) is 3.57. The number of hydrogen-bond acceptors (Lipinski definition) is 4. The van der Waals surface area contributed by atoms with Crippen molar-refractivity contribution in [2.75, 3.05) is 20.3 Å². The summed E-state index contributed by atoms with van der Waals surface area (Å²) in [5, 5.41) is 4.38. The van der Waals surface area contributed by atoms with Crippen molar-refractivity contribution in [1.82, 2.24) is 14.7 Å². The van der Waals surface area contributed by atoms with Gasteiger partial charge >= 0.3 is 0 Å². The van der Waals surface area contributed by atoms with Crippen LogP contribution in [-0.4, -0.2) is 34.9 Å². The molecule has 2 aromatic rings. The van der Waals surface area contributed by atoms with Gasteiger partial charge in [0.1, 0.15) is 0 Å². The molecule has 0 amide bonds. The molecule has 0 fully saturated rings. The molecule has 1 atom stereocenters. The molecule has 0 saturated carbocycles. The zero-order valence-corrected chi connectivity index (χ0v) is 11.4. The van der Waals surface area contributed by atoms with E-state index < -0.39 is 0 Å². The lowest BCUT2D eigenvalue weighted by Gasteiger charge is -2.32. The Kier molecular flexibility index (Phi) is 3.40. The number of nitrogens with zero attached hydrogens (tertiary/aromatic N) is 3. The SMILES string of the molecule is COC[C@H]1CN(Cc2ccoc2)Cc2cnn(C)c21. The summed E-state index contributed by atoms with van der Waals surface area (Å²) in [5.74, 6) is 0.383. The van der Waals surface area contributed by atoms with Crippen LogP contribution in [-0.2, 0) is 24.9 Å². The van der Waals surface area contributed by atoms with Gasteiger partial charge in [-0.05, 0) is 6.07 Å². The monoisotopic (exact) mass is 261 g/mol. The molecular weight excluding hydrogens is 242 g/mol. The third-order valence-electron chi connectivity index (χ3n) is 3.68. The number of ether oxygens (including phenoxy) is 1. The van der Waals surface area contributed by atoms with Crippen molar-refractivity contribution >= 4 is 0 Å². The molecule has 0 saturated heterocycles. The summed E-state index contributed by atoms with van der Waals surface area (Å²) in [4.78, 5) is 2.42. The summed E-state index contributed by atoms with van der Waals surface area (Å²) in [5.41, 5.74) is 3.83. The van der Waals surface area contributed by atoms with Crippen molar-refractivity contribution in [3.8, 4) is 0 Å². The first kappa shape index (κ1) is 12.4. The highest BCUT2D eigenvalue weighted by Gasteiger charge is 2.28. The van der Waals surface area contributed by atoms with Crippen LogP contribution in [0.2, 0.25) is 0 Å². The van der Waals surface area contributed by atoms with Crippen molar-refractivity contribution in [2.24, 2.45) is 7.05 Å². The van der Waals surface area contributed by atoms with Crippen LogP contribution >= 0.6 is 0 Å². The molecule has 0 unspecified atom stereocenters. The largest absolute Gasteiger partial charge is 0.472 e. The molecule has 0 aromatic carbocycles. The second-order valence-electron chi connectivity index (χ2n) is 5.13. The molecule has 5 nitrogen and oxygen atoms in total. The molecule has 0 spiro atoms. The lowest BCUT2D eigenvalue weighted by atomic mass is 9.96. The third-order valence-corrected chi connectivity index (χ3v) is 3.68. The Morgan fingerprint density at radius 1 is 1.53 bits per heavy atom. The van der Waals surface area contributed by atoms with Crippen molar-refractivity contribution in [3.63, 3.8) is 0 Å². The van der Waals surface area contributed by atoms with Crippen molar-refractivity contribution < 1.29 is 9.15 Å². The summed E-state index contributed by atoms with van der Waals surface area (Å²) in [6.07, 6.45) is 5.50. The number of aryl methyl sites for hydroxylation is 1.